The fraction of sp³-hybridized carbons (Fsp3) is 0.944. The lowest BCUT2D eigenvalue weighted by Gasteiger charge is -2.34. The van der Waals surface area contributed by atoms with Crippen molar-refractivity contribution in [2.45, 2.75) is 39.7 Å². The number of rotatable bonds is 10. The molecule has 0 aromatic carbocycles. The molecule has 0 amide bonds. The van der Waals surface area contributed by atoms with E-state index >= 15 is 0 Å². The quantitative estimate of drug-likeness (QED) is 0.291. The van der Waals surface area contributed by atoms with Gasteiger partial charge >= 0.3 is 0 Å². The first kappa shape index (κ1) is 24.9. The van der Waals surface area contributed by atoms with Crippen LogP contribution in [0.5, 0.6) is 0 Å². The third kappa shape index (κ3) is 12.0. The Bertz CT molecular complexity index is 354. The minimum absolute atomic E-state index is 0. The lowest BCUT2D eigenvalue weighted by atomic mass is 10.2. The molecule has 1 aliphatic heterocycles. The van der Waals surface area contributed by atoms with E-state index in [9.17, 15) is 0 Å². The topological polar surface area (TPSA) is 52.1 Å². The standard InChI is InChI=1S/C18H39N5O.HI/c1-6-7-9-22(5)10-8-20-18(19-4)21-13-17-15-23(11-12-24-17)14-16(2)3;/h16-17H,6-15H2,1-5H3,(H2,19,20,21);1H. The van der Waals surface area contributed by atoms with Crippen molar-refractivity contribution in [2.75, 3.05) is 66.5 Å². The number of guanidine groups is 1. The molecule has 0 radical (unpaired) electrons. The Morgan fingerprint density at radius 2 is 2.08 bits per heavy atom. The number of unbranched alkanes of at least 4 members (excludes halogenated alkanes) is 1. The number of halogens is 1. The van der Waals surface area contributed by atoms with Crippen molar-refractivity contribution in [3.05, 3.63) is 0 Å². The summed E-state index contributed by atoms with van der Waals surface area (Å²) >= 11 is 0. The Balaban J connectivity index is 0.00000576. The normalized spacial score (nSPS) is 19.2. The Morgan fingerprint density at radius 3 is 2.72 bits per heavy atom. The van der Waals surface area contributed by atoms with Gasteiger partial charge in [0.25, 0.3) is 0 Å². The summed E-state index contributed by atoms with van der Waals surface area (Å²) in [6.45, 7) is 14.7. The highest BCUT2D eigenvalue weighted by Gasteiger charge is 2.20. The van der Waals surface area contributed by atoms with Crippen molar-refractivity contribution in [3.8, 4) is 0 Å². The van der Waals surface area contributed by atoms with Crippen LogP contribution in [0.3, 0.4) is 0 Å². The van der Waals surface area contributed by atoms with Crippen molar-refractivity contribution in [2.24, 2.45) is 10.9 Å². The van der Waals surface area contributed by atoms with Crippen molar-refractivity contribution in [1.29, 1.82) is 0 Å². The fourth-order valence-corrected chi connectivity index (χ4v) is 2.92. The maximum atomic E-state index is 5.88. The highest BCUT2D eigenvalue weighted by atomic mass is 127. The van der Waals surface area contributed by atoms with Crippen molar-refractivity contribution < 1.29 is 4.74 Å². The molecule has 1 fully saturated rings. The van der Waals surface area contributed by atoms with Gasteiger partial charge in [0.15, 0.2) is 5.96 Å². The van der Waals surface area contributed by atoms with E-state index < -0.39 is 0 Å². The molecule has 1 heterocycles. The van der Waals surface area contributed by atoms with E-state index in [1.807, 2.05) is 7.05 Å². The molecule has 2 N–H and O–H groups in total. The van der Waals surface area contributed by atoms with Gasteiger partial charge < -0.3 is 20.3 Å². The number of likely N-dealkylation sites (N-methyl/N-ethyl adjacent to an activating group) is 1. The van der Waals surface area contributed by atoms with Crippen LogP contribution in [-0.4, -0.2) is 88.4 Å². The smallest absolute Gasteiger partial charge is 0.191 e. The van der Waals surface area contributed by atoms with Crippen LogP contribution in [0.2, 0.25) is 0 Å². The summed E-state index contributed by atoms with van der Waals surface area (Å²) < 4.78 is 5.88. The summed E-state index contributed by atoms with van der Waals surface area (Å²) in [6, 6.07) is 0. The summed E-state index contributed by atoms with van der Waals surface area (Å²) in [5, 5.41) is 6.79. The largest absolute Gasteiger partial charge is 0.374 e. The maximum Gasteiger partial charge on any atom is 0.191 e. The number of nitrogens with zero attached hydrogens (tertiary/aromatic N) is 3. The van der Waals surface area contributed by atoms with Gasteiger partial charge in [-0.15, -0.1) is 24.0 Å². The fourth-order valence-electron chi connectivity index (χ4n) is 2.92. The molecule has 0 bridgehead atoms. The molecule has 7 heteroatoms. The van der Waals surface area contributed by atoms with Gasteiger partial charge in [-0.2, -0.15) is 0 Å². The minimum Gasteiger partial charge on any atom is -0.374 e. The monoisotopic (exact) mass is 469 g/mol. The number of hydrogen-bond acceptors (Lipinski definition) is 4. The molecule has 1 aliphatic rings. The molecule has 0 aromatic rings. The molecule has 0 saturated carbocycles. The minimum atomic E-state index is 0. The molecule has 1 saturated heterocycles. The summed E-state index contributed by atoms with van der Waals surface area (Å²) in [5.74, 6) is 1.57. The number of ether oxygens (including phenoxy) is 1. The predicted octanol–water partition coefficient (Wildman–Crippen LogP) is 1.86. The number of hydrogen-bond donors (Lipinski definition) is 2. The van der Waals surface area contributed by atoms with E-state index in [0.717, 1.165) is 58.4 Å². The average molecular weight is 469 g/mol. The first-order valence-corrected chi connectivity index (χ1v) is 9.52. The van der Waals surface area contributed by atoms with Gasteiger partial charge in [-0.25, -0.2) is 0 Å². The average Bonchev–Trinajstić information content (AvgIpc) is 2.55. The van der Waals surface area contributed by atoms with Crippen LogP contribution in [-0.2, 0) is 4.74 Å². The van der Waals surface area contributed by atoms with Gasteiger partial charge in [-0.05, 0) is 25.9 Å². The molecule has 0 aromatic heterocycles. The number of morpholine rings is 1. The first-order chi connectivity index (χ1) is 11.5. The van der Waals surface area contributed by atoms with Crippen LogP contribution in [0.15, 0.2) is 4.99 Å². The SMILES string of the molecule is CCCCN(C)CCNC(=NC)NCC1CN(CC(C)C)CCO1.I. The van der Waals surface area contributed by atoms with Gasteiger partial charge in [-0.1, -0.05) is 27.2 Å². The number of nitrogens with one attached hydrogen (secondary N) is 2. The zero-order valence-corrected chi connectivity index (χ0v) is 19.2. The van der Waals surface area contributed by atoms with Gasteiger partial charge in [-0.3, -0.25) is 9.89 Å². The van der Waals surface area contributed by atoms with Crippen molar-refractivity contribution in [3.63, 3.8) is 0 Å². The zero-order valence-electron chi connectivity index (χ0n) is 16.9. The van der Waals surface area contributed by atoms with Gasteiger partial charge in [0.1, 0.15) is 0 Å². The lowest BCUT2D eigenvalue weighted by Crippen LogP contribution is -2.50. The molecular weight excluding hydrogens is 429 g/mol. The van der Waals surface area contributed by atoms with E-state index in [1.54, 1.807) is 0 Å². The van der Waals surface area contributed by atoms with Crippen molar-refractivity contribution >= 4 is 29.9 Å². The highest BCUT2D eigenvalue weighted by Crippen LogP contribution is 2.07. The van der Waals surface area contributed by atoms with E-state index in [-0.39, 0.29) is 30.1 Å². The Labute approximate surface area is 172 Å². The van der Waals surface area contributed by atoms with Gasteiger partial charge in [0.05, 0.1) is 12.7 Å². The van der Waals surface area contributed by atoms with Crippen LogP contribution in [0.4, 0.5) is 0 Å². The molecule has 1 unspecified atom stereocenters. The van der Waals surface area contributed by atoms with Crippen LogP contribution in [0, 0.1) is 5.92 Å². The van der Waals surface area contributed by atoms with Crippen LogP contribution >= 0.6 is 24.0 Å². The van der Waals surface area contributed by atoms with Gasteiger partial charge in [0.2, 0.25) is 0 Å². The molecule has 1 atom stereocenters. The van der Waals surface area contributed by atoms with Crippen LogP contribution in [0.1, 0.15) is 33.6 Å². The third-order valence-electron chi connectivity index (χ3n) is 4.25. The summed E-state index contributed by atoms with van der Waals surface area (Å²) in [7, 11) is 4.00. The molecule has 25 heavy (non-hydrogen) atoms. The van der Waals surface area contributed by atoms with Crippen LogP contribution in [0.25, 0.3) is 0 Å². The molecule has 150 valence electrons. The Morgan fingerprint density at radius 1 is 1.32 bits per heavy atom. The van der Waals surface area contributed by atoms with E-state index in [4.69, 9.17) is 4.74 Å². The van der Waals surface area contributed by atoms with Crippen LogP contribution < -0.4 is 10.6 Å². The second kappa shape index (κ2) is 15.0. The summed E-state index contributed by atoms with van der Waals surface area (Å²) in [6.07, 6.45) is 2.74. The van der Waals surface area contributed by atoms with Gasteiger partial charge in [0, 0.05) is 46.3 Å². The second-order valence-electron chi connectivity index (χ2n) is 7.18. The molecule has 0 spiro atoms. The van der Waals surface area contributed by atoms with E-state index in [1.165, 1.54) is 12.8 Å². The maximum absolute atomic E-state index is 5.88. The molecular formula is C18H40IN5O. The number of aliphatic imine (C=N–C) groups is 1. The predicted molar refractivity (Wildman–Crippen MR) is 118 cm³/mol. The van der Waals surface area contributed by atoms with E-state index in [0.29, 0.717) is 5.92 Å². The first-order valence-electron chi connectivity index (χ1n) is 9.52. The zero-order chi connectivity index (χ0) is 17.8. The lowest BCUT2D eigenvalue weighted by molar-refractivity contribution is -0.0284. The second-order valence-corrected chi connectivity index (χ2v) is 7.18. The molecule has 1 rings (SSSR count). The molecule has 6 nitrogen and oxygen atoms in total. The van der Waals surface area contributed by atoms with Crippen molar-refractivity contribution in [1.82, 2.24) is 20.4 Å². The van der Waals surface area contributed by atoms with E-state index in [2.05, 4.69) is 53.2 Å². The third-order valence-corrected chi connectivity index (χ3v) is 4.25. The Hall–Kier alpha value is -0.120. The summed E-state index contributed by atoms with van der Waals surface area (Å²) in [4.78, 5) is 9.16. The highest BCUT2D eigenvalue weighted by molar-refractivity contribution is 14.0. The Kier molecular flexibility index (Phi) is 14.9. The summed E-state index contributed by atoms with van der Waals surface area (Å²) in [5.41, 5.74) is 0. The molecule has 0 aliphatic carbocycles.